The maximum Gasteiger partial charge on any atom is 0.460 e. The molecule has 16 heteroatoms. The molecule has 1 fully saturated rings. The number of hydrogen-bond donors (Lipinski definition) is 0. The first-order chi connectivity index (χ1) is 12.2. The van der Waals surface area contributed by atoms with Crippen molar-refractivity contribution in [2.75, 3.05) is 33.2 Å². The number of nitrogens with zero attached hydrogens (tertiary/aromatic N) is 2. The number of halogens is 13. The first kappa shape index (κ1) is 24.6. The van der Waals surface area contributed by atoms with Gasteiger partial charge in [0.05, 0.1) is 0 Å². The van der Waals surface area contributed by atoms with Crippen LogP contribution in [0, 0.1) is 0 Å². The van der Waals surface area contributed by atoms with Crippen LogP contribution in [0.4, 0.5) is 57.1 Å². The zero-order chi connectivity index (χ0) is 22.6. The quantitative estimate of drug-likeness (QED) is 0.604. The molecule has 0 radical (unpaired) electrons. The summed E-state index contributed by atoms with van der Waals surface area (Å²) in [5, 5.41) is 0. The first-order valence-electron chi connectivity index (χ1n) is 7.10. The van der Waals surface area contributed by atoms with Crippen molar-refractivity contribution >= 4 is 5.91 Å². The van der Waals surface area contributed by atoms with E-state index in [2.05, 4.69) is 0 Å². The van der Waals surface area contributed by atoms with Gasteiger partial charge in [-0.15, -0.1) is 0 Å². The van der Waals surface area contributed by atoms with Gasteiger partial charge in [0.15, 0.2) is 0 Å². The number of carbonyl (C=O) groups is 1. The number of rotatable bonds is 5. The molecule has 0 aromatic carbocycles. The van der Waals surface area contributed by atoms with Gasteiger partial charge in [-0.25, -0.2) is 0 Å². The molecule has 0 spiro atoms. The van der Waals surface area contributed by atoms with E-state index in [9.17, 15) is 61.9 Å². The molecule has 1 amide bonds. The summed E-state index contributed by atoms with van der Waals surface area (Å²) in [6, 6.07) is 0. The molecule has 3 nitrogen and oxygen atoms in total. The molecule has 28 heavy (non-hydrogen) atoms. The Morgan fingerprint density at radius 1 is 0.607 bits per heavy atom. The molecule has 0 saturated carbocycles. The van der Waals surface area contributed by atoms with Crippen LogP contribution in [-0.2, 0) is 4.79 Å². The normalized spacial score (nSPS) is 19.1. The maximum atomic E-state index is 13.7. The Kier molecular flexibility index (Phi) is 5.96. The second kappa shape index (κ2) is 6.79. The molecule has 0 unspecified atom stereocenters. The Hall–Kier alpha value is -1.48. The third-order valence-electron chi connectivity index (χ3n) is 3.99. The molecular formula is C12H11F13N2O. The lowest BCUT2D eigenvalue weighted by atomic mass is 9.93. The third-order valence-corrected chi connectivity index (χ3v) is 3.99. The van der Waals surface area contributed by atoms with E-state index in [4.69, 9.17) is 0 Å². The van der Waals surface area contributed by atoms with Crippen molar-refractivity contribution in [3.8, 4) is 0 Å². The third kappa shape index (κ3) is 3.36. The largest absolute Gasteiger partial charge is 0.460 e. The van der Waals surface area contributed by atoms with E-state index in [0.717, 1.165) is 0 Å². The van der Waals surface area contributed by atoms with Gasteiger partial charge in [-0.05, 0) is 7.05 Å². The van der Waals surface area contributed by atoms with Gasteiger partial charge < -0.3 is 9.80 Å². The van der Waals surface area contributed by atoms with Crippen molar-refractivity contribution in [2.24, 2.45) is 0 Å². The highest BCUT2D eigenvalue weighted by molar-refractivity contribution is 5.85. The summed E-state index contributed by atoms with van der Waals surface area (Å²) in [6.07, 6.45) is -7.48. The molecule has 0 N–H and O–H groups in total. The molecule has 1 heterocycles. The SMILES string of the molecule is CN1CCN(C(=O)C(F)(F)C(F)(F)C(F)(F)C(F)(F)C(F)(F)C(F)(F)F)CC1. The minimum absolute atomic E-state index is 0.121. The van der Waals surface area contributed by atoms with Crippen LogP contribution in [-0.4, -0.2) is 84.7 Å². The molecule has 0 aromatic rings. The molecule has 166 valence electrons. The van der Waals surface area contributed by atoms with Gasteiger partial charge in [0.25, 0.3) is 5.91 Å². The molecule has 0 atom stereocenters. The van der Waals surface area contributed by atoms with Gasteiger partial charge in [0.2, 0.25) is 0 Å². The molecule has 1 saturated heterocycles. The van der Waals surface area contributed by atoms with Crippen molar-refractivity contribution in [1.82, 2.24) is 9.80 Å². The van der Waals surface area contributed by atoms with Gasteiger partial charge in [-0.2, -0.15) is 57.1 Å². The Labute approximate surface area is 148 Å². The van der Waals surface area contributed by atoms with E-state index in [1.165, 1.54) is 11.9 Å². The summed E-state index contributed by atoms with van der Waals surface area (Å²) in [6.45, 7) is -1.90. The summed E-state index contributed by atoms with van der Waals surface area (Å²) >= 11 is 0. The molecule has 1 rings (SSSR count). The molecule has 1 aliphatic rings. The average Bonchev–Trinajstić information content (AvgIpc) is 2.53. The second-order valence-electron chi connectivity index (χ2n) is 5.97. The molecule has 1 aliphatic heterocycles. The Morgan fingerprint density at radius 2 is 0.964 bits per heavy atom. The summed E-state index contributed by atoms with van der Waals surface area (Å²) in [7, 11) is 1.39. The highest BCUT2D eigenvalue weighted by atomic mass is 19.4. The van der Waals surface area contributed by atoms with Crippen LogP contribution in [0.5, 0.6) is 0 Å². The van der Waals surface area contributed by atoms with Crippen LogP contribution in [0.2, 0.25) is 0 Å². The van der Waals surface area contributed by atoms with Crippen LogP contribution in [0.25, 0.3) is 0 Å². The molecule has 0 aliphatic carbocycles. The second-order valence-corrected chi connectivity index (χ2v) is 5.97. The predicted molar refractivity (Wildman–Crippen MR) is 64.9 cm³/mol. The Balaban J connectivity index is 3.35. The summed E-state index contributed by atoms with van der Waals surface area (Å²) in [5.41, 5.74) is 0. The minimum atomic E-state index is -8.01. The molecular weight excluding hydrogens is 435 g/mol. The van der Waals surface area contributed by atoms with Gasteiger partial charge in [-0.1, -0.05) is 0 Å². The van der Waals surface area contributed by atoms with Gasteiger partial charge in [0, 0.05) is 26.2 Å². The van der Waals surface area contributed by atoms with Crippen LogP contribution < -0.4 is 0 Å². The predicted octanol–water partition coefficient (Wildman–Crippen LogP) is 3.50. The first-order valence-corrected chi connectivity index (χ1v) is 7.10. The highest BCUT2D eigenvalue weighted by Gasteiger charge is 2.91. The van der Waals surface area contributed by atoms with E-state index in [1.807, 2.05) is 0 Å². The van der Waals surface area contributed by atoms with Crippen molar-refractivity contribution < 1.29 is 61.9 Å². The number of amides is 1. The molecule has 0 bridgehead atoms. The van der Waals surface area contributed by atoms with Crippen LogP contribution in [0.1, 0.15) is 0 Å². The maximum absolute atomic E-state index is 13.7. The van der Waals surface area contributed by atoms with Crippen molar-refractivity contribution in [1.29, 1.82) is 0 Å². The summed E-state index contributed by atoms with van der Waals surface area (Å²) in [5.74, 6) is -41.2. The fourth-order valence-corrected chi connectivity index (χ4v) is 2.11. The fraction of sp³-hybridized carbons (Fsp3) is 0.917. The van der Waals surface area contributed by atoms with Crippen molar-refractivity contribution in [3.63, 3.8) is 0 Å². The van der Waals surface area contributed by atoms with E-state index in [1.54, 1.807) is 0 Å². The monoisotopic (exact) mass is 446 g/mol. The number of alkyl halides is 13. The van der Waals surface area contributed by atoms with Gasteiger partial charge in [-0.3, -0.25) is 4.79 Å². The Morgan fingerprint density at radius 3 is 1.32 bits per heavy atom. The van der Waals surface area contributed by atoms with Crippen LogP contribution >= 0.6 is 0 Å². The molecule has 0 aromatic heterocycles. The van der Waals surface area contributed by atoms with Crippen LogP contribution in [0.3, 0.4) is 0 Å². The lowest BCUT2D eigenvalue weighted by Crippen LogP contribution is -2.72. The van der Waals surface area contributed by atoms with Gasteiger partial charge >= 0.3 is 35.8 Å². The number of piperazine rings is 1. The summed E-state index contributed by atoms with van der Waals surface area (Å²) in [4.78, 5) is 12.7. The minimum Gasteiger partial charge on any atom is -0.335 e. The van der Waals surface area contributed by atoms with Crippen molar-refractivity contribution in [3.05, 3.63) is 0 Å². The lowest BCUT2D eigenvalue weighted by molar-refractivity contribution is -0.436. The topological polar surface area (TPSA) is 23.6 Å². The smallest absolute Gasteiger partial charge is 0.335 e. The average molecular weight is 446 g/mol. The summed E-state index contributed by atoms with van der Waals surface area (Å²) < 4.78 is 169. The Bertz CT molecular complexity index is 593. The zero-order valence-electron chi connectivity index (χ0n) is 13.5. The van der Waals surface area contributed by atoms with E-state index in [0.29, 0.717) is 0 Å². The van der Waals surface area contributed by atoms with Crippen LogP contribution in [0.15, 0.2) is 0 Å². The zero-order valence-corrected chi connectivity index (χ0v) is 13.5. The highest BCUT2D eigenvalue weighted by Crippen LogP contribution is 2.60. The van der Waals surface area contributed by atoms with Crippen molar-refractivity contribution in [2.45, 2.75) is 35.8 Å². The number of likely N-dealkylation sites (N-methyl/N-ethyl adjacent to an activating group) is 1. The lowest BCUT2D eigenvalue weighted by Gasteiger charge is -2.41. The van der Waals surface area contributed by atoms with E-state index in [-0.39, 0.29) is 18.0 Å². The van der Waals surface area contributed by atoms with E-state index < -0.39 is 54.8 Å². The standard InChI is InChI=1S/C12H11F13N2O/c1-26-2-4-27(5-3-26)6(28)7(13,14)8(15,16)9(17,18)10(19,20)11(21,22)12(23,24)25/h2-5H2,1H3. The van der Waals surface area contributed by atoms with E-state index >= 15 is 0 Å². The number of carbonyl (C=O) groups excluding carboxylic acids is 1. The number of hydrogen-bond acceptors (Lipinski definition) is 2. The fourth-order valence-electron chi connectivity index (χ4n) is 2.11. The van der Waals surface area contributed by atoms with Gasteiger partial charge in [0.1, 0.15) is 0 Å².